The Morgan fingerprint density at radius 3 is 0.827 bits per heavy atom. The molecular weight excluding hydrogens is 633 g/mol. The van der Waals surface area contributed by atoms with Crippen LogP contribution in [0.3, 0.4) is 0 Å². The van der Waals surface area contributed by atoms with E-state index < -0.39 is 0 Å². The number of carbonyl (C=O) groups excluding carboxylic acids is 1. The van der Waals surface area contributed by atoms with Crippen molar-refractivity contribution >= 4 is 5.97 Å². The maximum atomic E-state index is 11.9. The summed E-state index contributed by atoms with van der Waals surface area (Å²) < 4.78 is 5.45. The molecule has 0 atom stereocenters. The summed E-state index contributed by atoms with van der Waals surface area (Å²) in [6.07, 6.45) is 61.1. The van der Waals surface area contributed by atoms with Crippen molar-refractivity contribution in [2.24, 2.45) is 5.92 Å². The Hall–Kier alpha value is -0.530. The summed E-state index contributed by atoms with van der Waals surface area (Å²) in [6.45, 7) is 7.60. The van der Waals surface area contributed by atoms with E-state index in [9.17, 15) is 4.79 Å². The monoisotopic (exact) mass is 733 g/mol. The second-order valence-corrected chi connectivity index (χ2v) is 17.6. The van der Waals surface area contributed by atoms with Crippen molar-refractivity contribution < 1.29 is 9.53 Å². The van der Waals surface area contributed by atoms with Gasteiger partial charge in [0.1, 0.15) is 0 Å². The zero-order valence-electron chi connectivity index (χ0n) is 36.7. The molecule has 0 N–H and O–H groups in total. The highest BCUT2D eigenvalue weighted by Gasteiger charge is 2.03. The molecule has 0 saturated carbocycles. The number of carbonyl (C=O) groups is 1. The van der Waals surface area contributed by atoms with Crippen molar-refractivity contribution in [3.05, 3.63) is 0 Å². The van der Waals surface area contributed by atoms with E-state index in [1.807, 2.05) is 0 Å². The minimum atomic E-state index is 0.0269. The van der Waals surface area contributed by atoms with Gasteiger partial charge < -0.3 is 4.74 Å². The Morgan fingerprint density at radius 2 is 0.558 bits per heavy atom. The van der Waals surface area contributed by atoms with Crippen molar-refractivity contribution in [2.45, 2.75) is 303 Å². The molecule has 0 aliphatic rings. The van der Waals surface area contributed by atoms with Gasteiger partial charge in [0.15, 0.2) is 0 Å². The molecule has 0 unspecified atom stereocenters. The normalized spacial score (nSPS) is 11.6. The highest BCUT2D eigenvalue weighted by molar-refractivity contribution is 5.69. The molecule has 0 saturated heterocycles. The van der Waals surface area contributed by atoms with Gasteiger partial charge >= 0.3 is 5.97 Å². The number of unbranched alkanes of at least 4 members (excludes halogenated alkanes) is 40. The third-order valence-corrected chi connectivity index (χ3v) is 11.7. The molecule has 0 rings (SSSR count). The molecule has 0 heterocycles. The Morgan fingerprint density at radius 1 is 0.327 bits per heavy atom. The quantitative estimate of drug-likeness (QED) is 0.0460. The maximum absolute atomic E-state index is 11.9. The molecule has 2 nitrogen and oxygen atoms in total. The summed E-state index contributed by atoms with van der Waals surface area (Å²) in [7, 11) is 0. The minimum Gasteiger partial charge on any atom is -0.466 e. The van der Waals surface area contributed by atoms with Crippen LogP contribution in [0.4, 0.5) is 0 Å². The minimum absolute atomic E-state index is 0.0269. The molecule has 0 aliphatic carbocycles. The summed E-state index contributed by atoms with van der Waals surface area (Å²) >= 11 is 0. The second kappa shape index (κ2) is 46.6. The van der Waals surface area contributed by atoms with E-state index in [2.05, 4.69) is 20.8 Å². The fraction of sp³-hybridized carbons (Fsp3) is 0.980. The Labute approximate surface area is 330 Å². The summed E-state index contributed by atoms with van der Waals surface area (Å²) in [5.74, 6) is 0.917. The lowest BCUT2D eigenvalue weighted by molar-refractivity contribution is -0.143. The van der Waals surface area contributed by atoms with Crippen LogP contribution in [-0.2, 0) is 9.53 Å². The average Bonchev–Trinajstić information content (AvgIpc) is 3.13. The Kier molecular flexibility index (Phi) is 46.1. The van der Waals surface area contributed by atoms with Crippen LogP contribution in [-0.4, -0.2) is 12.6 Å². The first-order valence-corrected chi connectivity index (χ1v) is 24.8. The SMILES string of the molecule is CCCCCCCCCCCC(=O)OCCCCCCCCCCCCCCCCCCCCCCCCCCCCCCCCCCCC(C)C. The highest BCUT2D eigenvalue weighted by Crippen LogP contribution is 2.18. The van der Waals surface area contributed by atoms with Gasteiger partial charge in [-0.3, -0.25) is 4.79 Å². The average molecular weight is 733 g/mol. The Bertz CT molecular complexity index is 642. The molecule has 0 amide bonds. The lowest BCUT2D eigenvalue weighted by Crippen LogP contribution is -2.05. The molecule has 0 aliphatic heterocycles. The van der Waals surface area contributed by atoms with Gasteiger partial charge in [-0.2, -0.15) is 0 Å². The molecule has 0 aromatic rings. The number of esters is 1. The summed E-state index contributed by atoms with van der Waals surface area (Å²) in [5, 5.41) is 0. The first-order chi connectivity index (χ1) is 25.7. The smallest absolute Gasteiger partial charge is 0.305 e. The van der Waals surface area contributed by atoms with Crippen LogP contribution in [0.1, 0.15) is 303 Å². The topological polar surface area (TPSA) is 26.3 Å². The molecule has 0 fully saturated rings. The van der Waals surface area contributed by atoms with Crippen LogP contribution < -0.4 is 0 Å². The molecule has 0 aromatic heterocycles. The maximum Gasteiger partial charge on any atom is 0.305 e. The van der Waals surface area contributed by atoms with Gasteiger partial charge in [0, 0.05) is 6.42 Å². The number of hydrogen-bond donors (Lipinski definition) is 0. The third kappa shape index (κ3) is 47.5. The van der Waals surface area contributed by atoms with E-state index in [1.54, 1.807) is 0 Å². The predicted molar refractivity (Wildman–Crippen MR) is 235 cm³/mol. The molecular formula is C50H100O2. The van der Waals surface area contributed by atoms with Gasteiger partial charge in [-0.15, -0.1) is 0 Å². The van der Waals surface area contributed by atoms with Gasteiger partial charge in [-0.05, 0) is 18.8 Å². The van der Waals surface area contributed by atoms with Crippen molar-refractivity contribution in [1.82, 2.24) is 0 Å². The molecule has 52 heavy (non-hydrogen) atoms. The van der Waals surface area contributed by atoms with Crippen LogP contribution in [0, 0.1) is 5.92 Å². The molecule has 0 bridgehead atoms. The van der Waals surface area contributed by atoms with Gasteiger partial charge in [-0.25, -0.2) is 0 Å². The zero-order valence-corrected chi connectivity index (χ0v) is 36.7. The van der Waals surface area contributed by atoms with Crippen LogP contribution in [0.15, 0.2) is 0 Å². The Balaban J connectivity index is 3.11. The summed E-state index contributed by atoms with van der Waals surface area (Å²) in [6, 6.07) is 0. The van der Waals surface area contributed by atoms with E-state index in [0.29, 0.717) is 13.0 Å². The van der Waals surface area contributed by atoms with Crippen molar-refractivity contribution in [1.29, 1.82) is 0 Å². The van der Waals surface area contributed by atoms with E-state index in [1.165, 1.54) is 263 Å². The predicted octanol–water partition coefficient (Wildman–Crippen LogP) is 18.4. The lowest BCUT2D eigenvalue weighted by atomic mass is 10.0. The molecule has 2 heteroatoms. The summed E-state index contributed by atoms with van der Waals surface area (Å²) in [5.41, 5.74) is 0. The van der Waals surface area contributed by atoms with E-state index in [-0.39, 0.29) is 5.97 Å². The zero-order chi connectivity index (χ0) is 37.7. The fourth-order valence-electron chi connectivity index (χ4n) is 7.97. The third-order valence-electron chi connectivity index (χ3n) is 11.7. The van der Waals surface area contributed by atoms with Gasteiger partial charge in [-0.1, -0.05) is 284 Å². The van der Waals surface area contributed by atoms with Gasteiger partial charge in [0.05, 0.1) is 6.61 Å². The van der Waals surface area contributed by atoms with E-state index in [4.69, 9.17) is 4.74 Å². The lowest BCUT2D eigenvalue weighted by Gasteiger charge is -2.06. The number of hydrogen-bond acceptors (Lipinski definition) is 2. The number of ether oxygens (including phenoxy) is 1. The molecule has 0 radical (unpaired) electrons. The van der Waals surface area contributed by atoms with Crippen LogP contribution >= 0.6 is 0 Å². The first kappa shape index (κ1) is 51.5. The van der Waals surface area contributed by atoms with Gasteiger partial charge in [0.25, 0.3) is 0 Å². The van der Waals surface area contributed by atoms with Gasteiger partial charge in [0.2, 0.25) is 0 Å². The van der Waals surface area contributed by atoms with Crippen molar-refractivity contribution in [3.8, 4) is 0 Å². The van der Waals surface area contributed by atoms with Crippen molar-refractivity contribution in [3.63, 3.8) is 0 Å². The van der Waals surface area contributed by atoms with Crippen LogP contribution in [0.5, 0.6) is 0 Å². The van der Waals surface area contributed by atoms with E-state index in [0.717, 1.165) is 18.8 Å². The highest BCUT2D eigenvalue weighted by atomic mass is 16.5. The van der Waals surface area contributed by atoms with Crippen molar-refractivity contribution in [2.75, 3.05) is 6.61 Å². The number of rotatable bonds is 46. The molecule has 0 spiro atoms. The first-order valence-electron chi connectivity index (χ1n) is 24.8. The molecule has 312 valence electrons. The fourth-order valence-corrected chi connectivity index (χ4v) is 7.97. The largest absolute Gasteiger partial charge is 0.466 e. The standard InChI is InChI=1S/C50H100O2/c1-4-5-6-7-8-34-38-41-44-47-50(51)52-48-45-42-39-36-33-31-29-27-25-23-21-19-17-15-13-11-9-10-12-14-16-18-20-22-24-26-28-30-32-35-37-40-43-46-49(2)3/h49H,4-48H2,1-3H3. The summed E-state index contributed by atoms with van der Waals surface area (Å²) in [4.78, 5) is 11.9. The molecule has 0 aromatic carbocycles. The van der Waals surface area contributed by atoms with Crippen LogP contribution in [0.25, 0.3) is 0 Å². The van der Waals surface area contributed by atoms with Crippen LogP contribution in [0.2, 0.25) is 0 Å². The van der Waals surface area contributed by atoms with E-state index >= 15 is 0 Å². The second-order valence-electron chi connectivity index (χ2n) is 17.6.